The second-order valence-electron chi connectivity index (χ2n) is 10.3. The Morgan fingerprint density at radius 2 is 1.56 bits per heavy atom. The van der Waals surface area contributed by atoms with Gasteiger partial charge in [0.1, 0.15) is 41.0 Å². The summed E-state index contributed by atoms with van der Waals surface area (Å²) in [7, 11) is 1.34. The fourth-order valence-corrected chi connectivity index (χ4v) is 4.72. The van der Waals surface area contributed by atoms with Crippen molar-refractivity contribution in [1.82, 2.24) is 60.2 Å². The minimum absolute atomic E-state index is 0.123. The molecular weight excluding hydrogens is 746 g/mol. The van der Waals surface area contributed by atoms with Crippen LogP contribution in [0.3, 0.4) is 0 Å². The van der Waals surface area contributed by atoms with E-state index in [1.54, 1.807) is 47.5 Å². The Hall–Kier alpha value is -6.76. The van der Waals surface area contributed by atoms with E-state index in [0.717, 1.165) is 23.3 Å². The zero-order chi connectivity index (χ0) is 36.3. The Balaban J connectivity index is 0.000000151. The SMILES string of the molecule is BrCc1cccnc1.COc1nc(-c2cc(-c3ccon3)n[nH]2)ncc1F.O=c1[nH]c(-c2cc(-c3ccon3)n(Cc3cccnc3)n2)ncc1F. The molecule has 0 spiro atoms. The van der Waals surface area contributed by atoms with Gasteiger partial charge in [0.2, 0.25) is 11.6 Å². The number of ether oxygens (including phenoxy) is 1. The van der Waals surface area contributed by atoms with Crippen LogP contribution in [0.15, 0.2) is 112 Å². The van der Waals surface area contributed by atoms with E-state index in [1.165, 1.54) is 25.2 Å². The molecule has 0 unspecified atom stereocenters. The number of rotatable bonds is 8. The van der Waals surface area contributed by atoms with Gasteiger partial charge in [-0.1, -0.05) is 38.4 Å². The van der Waals surface area contributed by atoms with E-state index >= 15 is 0 Å². The van der Waals surface area contributed by atoms with Crippen molar-refractivity contribution in [2.75, 3.05) is 7.11 Å². The summed E-state index contributed by atoms with van der Waals surface area (Å²) in [6.07, 6.45) is 11.8. The van der Waals surface area contributed by atoms with Crippen LogP contribution in [-0.2, 0) is 11.9 Å². The highest BCUT2D eigenvalue weighted by Gasteiger charge is 2.17. The summed E-state index contributed by atoms with van der Waals surface area (Å²) in [5.41, 5.74) is 4.61. The number of nitrogens with one attached hydrogen (secondary N) is 2. The molecule has 0 aliphatic carbocycles. The Kier molecular flexibility index (Phi) is 11.3. The largest absolute Gasteiger partial charge is 0.479 e. The standard InChI is InChI=1S/C16H11FN6O2.C11H8FN5O2.C6H6BrN/c17-11-8-19-15(20-16(11)24)13-6-14(12-3-5-25-22-12)23(21-13)9-10-2-1-4-18-7-10;1-18-11-6(12)5-13-10(14-11)9-4-8(15-16-9)7-2-3-19-17-7;7-4-6-2-1-3-8-5-6/h1-8H,9H2,(H,19,20,24);2-5H,1H3,(H,15,16);1-3,5H,4H2. The summed E-state index contributed by atoms with van der Waals surface area (Å²) >= 11 is 3.32. The highest BCUT2D eigenvalue weighted by Crippen LogP contribution is 2.24. The van der Waals surface area contributed by atoms with Crippen LogP contribution in [-0.4, -0.2) is 67.3 Å². The number of hydrogen-bond acceptors (Lipinski definition) is 13. The molecule has 0 fully saturated rings. The normalized spacial score (nSPS) is 10.5. The van der Waals surface area contributed by atoms with Gasteiger partial charge in [0.05, 0.1) is 31.7 Å². The molecule has 0 saturated carbocycles. The smallest absolute Gasteiger partial charge is 0.287 e. The summed E-state index contributed by atoms with van der Waals surface area (Å²) in [6.45, 7) is 0.432. The number of methoxy groups -OCH3 is 1. The summed E-state index contributed by atoms with van der Waals surface area (Å²) in [5.74, 6) is -1.25. The van der Waals surface area contributed by atoms with Gasteiger partial charge in [-0.3, -0.25) is 24.5 Å². The molecule has 0 radical (unpaired) electrons. The average molecular weight is 772 g/mol. The van der Waals surface area contributed by atoms with Crippen molar-refractivity contribution in [1.29, 1.82) is 0 Å². The molecule has 0 aliphatic heterocycles. The van der Waals surface area contributed by atoms with Crippen molar-refractivity contribution >= 4 is 15.9 Å². The summed E-state index contributed by atoms with van der Waals surface area (Å²) in [5, 5.41) is 19.8. The number of H-pyrrole nitrogens is 2. The second-order valence-corrected chi connectivity index (χ2v) is 10.9. The molecule has 2 N–H and O–H groups in total. The number of nitrogens with zero attached hydrogens (tertiary/aromatic N) is 10. The molecule has 8 aromatic rings. The van der Waals surface area contributed by atoms with Crippen molar-refractivity contribution in [3.05, 3.63) is 131 Å². The third-order valence-electron chi connectivity index (χ3n) is 6.84. The molecule has 8 aromatic heterocycles. The monoisotopic (exact) mass is 770 g/mol. The molecule has 8 rings (SSSR count). The zero-order valence-corrected chi connectivity index (χ0v) is 28.5. The van der Waals surface area contributed by atoms with E-state index in [1.807, 2.05) is 30.5 Å². The number of aromatic amines is 2. The van der Waals surface area contributed by atoms with Crippen molar-refractivity contribution in [3.8, 4) is 51.7 Å². The quantitative estimate of drug-likeness (QED) is 0.183. The third kappa shape index (κ3) is 8.69. The number of alkyl halides is 1. The molecule has 52 heavy (non-hydrogen) atoms. The van der Waals surface area contributed by atoms with Gasteiger partial charge in [-0.05, 0) is 35.4 Å². The molecule has 0 saturated heterocycles. The van der Waals surface area contributed by atoms with Gasteiger partial charge in [-0.25, -0.2) is 9.97 Å². The van der Waals surface area contributed by atoms with E-state index in [4.69, 9.17) is 13.8 Å². The van der Waals surface area contributed by atoms with E-state index < -0.39 is 17.2 Å². The predicted molar refractivity (Wildman–Crippen MR) is 183 cm³/mol. The second kappa shape index (κ2) is 16.8. The van der Waals surface area contributed by atoms with Gasteiger partial charge in [0.25, 0.3) is 11.4 Å². The van der Waals surface area contributed by atoms with E-state index in [2.05, 4.69) is 71.4 Å². The van der Waals surface area contributed by atoms with Crippen LogP contribution in [0, 0.1) is 11.6 Å². The van der Waals surface area contributed by atoms with Gasteiger partial charge >= 0.3 is 0 Å². The van der Waals surface area contributed by atoms with Crippen LogP contribution in [0.2, 0.25) is 0 Å². The number of halogens is 3. The lowest BCUT2D eigenvalue weighted by molar-refractivity contribution is 0.367. The van der Waals surface area contributed by atoms with Crippen molar-refractivity contribution in [2.24, 2.45) is 0 Å². The first-order chi connectivity index (χ1) is 25.4. The van der Waals surface area contributed by atoms with E-state index in [-0.39, 0.29) is 17.5 Å². The first-order valence-corrected chi connectivity index (χ1v) is 16.1. The number of pyridine rings is 2. The molecule has 0 amide bonds. The first-order valence-electron chi connectivity index (χ1n) is 15.0. The fourth-order valence-electron chi connectivity index (χ4n) is 4.39. The summed E-state index contributed by atoms with van der Waals surface area (Å²) in [4.78, 5) is 33.6. The summed E-state index contributed by atoms with van der Waals surface area (Å²) in [6, 6.07) is 14.5. The molecule has 0 aliphatic rings. The van der Waals surface area contributed by atoms with Crippen LogP contribution in [0.5, 0.6) is 5.88 Å². The Morgan fingerprint density at radius 1 is 0.846 bits per heavy atom. The van der Waals surface area contributed by atoms with Gasteiger partial charge in [0.15, 0.2) is 11.6 Å². The van der Waals surface area contributed by atoms with Crippen LogP contribution in [0.1, 0.15) is 11.1 Å². The average Bonchev–Trinajstić information content (AvgIpc) is 4.02. The molecule has 0 bridgehead atoms. The lowest BCUT2D eigenvalue weighted by Crippen LogP contribution is -2.12. The molecule has 262 valence electrons. The van der Waals surface area contributed by atoms with Gasteiger partial charge < -0.3 is 18.8 Å². The van der Waals surface area contributed by atoms with Crippen LogP contribution < -0.4 is 10.3 Å². The molecule has 0 atom stereocenters. The predicted octanol–water partition coefficient (Wildman–Crippen LogP) is 5.52. The Bertz CT molecular complexity index is 2370. The summed E-state index contributed by atoms with van der Waals surface area (Å²) < 4.78 is 42.5. The fraction of sp³-hybridized carbons (Fsp3) is 0.0909. The molecule has 19 heteroatoms. The highest BCUT2D eigenvalue weighted by atomic mass is 79.9. The van der Waals surface area contributed by atoms with Gasteiger partial charge in [0, 0.05) is 42.3 Å². The van der Waals surface area contributed by atoms with Crippen LogP contribution in [0.4, 0.5) is 8.78 Å². The third-order valence-corrected chi connectivity index (χ3v) is 7.48. The maximum absolute atomic E-state index is 13.2. The maximum atomic E-state index is 13.2. The van der Waals surface area contributed by atoms with E-state index in [9.17, 15) is 13.6 Å². The molecular formula is C33H25BrF2N12O4. The number of hydrogen-bond donors (Lipinski definition) is 2. The van der Waals surface area contributed by atoms with Crippen molar-refractivity contribution < 1.29 is 22.6 Å². The number of aromatic nitrogens is 12. The van der Waals surface area contributed by atoms with Crippen LogP contribution >= 0.6 is 15.9 Å². The maximum Gasteiger partial charge on any atom is 0.287 e. The van der Waals surface area contributed by atoms with Crippen LogP contribution in [0.25, 0.3) is 45.8 Å². The lowest BCUT2D eigenvalue weighted by Gasteiger charge is -2.04. The van der Waals surface area contributed by atoms with Crippen molar-refractivity contribution in [2.45, 2.75) is 11.9 Å². The van der Waals surface area contributed by atoms with Gasteiger partial charge in [-0.15, -0.1) is 0 Å². The Labute approximate surface area is 300 Å². The minimum atomic E-state index is -0.949. The highest BCUT2D eigenvalue weighted by molar-refractivity contribution is 9.08. The molecule has 0 aromatic carbocycles. The lowest BCUT2D eigenvalue weighted by atomic mass is 10.2. The van der Waals surface area contributed by atoms with E-state index in [0.29, 0.717) is 40.7 Å². The van der Waals surface area contributed by atoms with Crippen molar-refractivity contribution in [3.63, 3.8) is 0 Å². The van der Waals surface area contributed by atoms with Gasteiger partial charge in [-0.2, -0.15) is 24.0 Å². The Morgan fingerprint density at radius 3 is 2.17 bits per heavy atom. The molecule has 8 heterocycles. The first kappa shape index (κ1) is 35.1. The zero-order valence-electron chi connectivity index (χ0n) is 26.9. The minimum Gasteiger partial charge on any atom is -0.479 e. The topological polar surface area (TPSA) is 205 Å². The molecule has 16 nitrogen and oxygen atoms in total.